The van der Waals surface area contributed by atoms with Crippen molar-refractivity contribution in [1.82, 2.24) is 9.97 Å². The summed E-state index contributed by atoms with van der Waals surface area (Å²) in [4.78, 5) is 18.8. The lowest BCUT2D eigenvalue weighted by atomic mass is 9.97. The molecule has 2 aromatic heterocycles. The zero-order chi connectivity index (χ0) is 16.1. The van der Waals surface area contributed by atoms with Gasteiger partial charge in [-0.25, -0.2) is 4.79 Å². The zero-order valence-corrected chi connectivity index (χ0v) is 12.3. The Morgan fingerprint density at radius 2 is 1.26 bits per heavy atom. The largest absolute Gasteiger partial charge is 0.478 e. The monoisotopic (exact) mass is 302 g/mol. The van der Waals surface area contributed by atoms with E-state index in [0.29, 0.717) is 0 Å². The van der Waals surface area contributed by atoms with Crippen LogP contribution in [0.4, 0.5) is 0 Å². The first-order valence-electron chi connectivity index (χ1n) is 7.09. The molecule has 4 nitrogen and oxygen atoms in total. The molecule has 112 valence electrons. The molecule has 0 fully saturated rings. The molecular formula is C19H14N2O2. The summed E-state index contributed by atoms with van der Waals surface area (Å²) in [5.74, 6) is -0.968. The Balaban J connectivity index is 2.13. The predicted molar refractivity (Wildman–Crippen MR) is 89.6 cm³/mol. The van der Waals surface area contributed by atoms with Gasteiger partial charge in [-0.1, -0.05) is 0 Å². The van der Waals surface area contributed by atoms with E-state index >= 15 is 0 Å². The second kappa shape index (κ2) is 6.66. The molecule has 0 amide bonds. The standard InChI is InChI=1S/C19H14N2O2/c22-19(23)2-1-14-11-17(15-3-7-20-8-4-15)13-18(12-14)16-5-9-21-10-6-16/h1-13H,(H,22,23)/b2-1+. The number of aromatic nitrogens is 2. The summed E-state index contributed by atoms with van der Waals surface area (Å²) in [6.45, 7) is 0. The van der Waals surface area contributed by atoms with Gasteiger partial charge in [-0.05, 0) is 76.4 Å². The number of carboxylic acid groups (broad SMARTS) is 1. The van der Waals surface area contributed by atoms with Crippen LogP contribution in [0.25, 0.3) is 28.3 Å². The topological polar surface area (TPSA) is 63.1 Å². The van der Waals surface area contributed by atoms with Gasteiger partial charge in [0.1, 0.15) is 0 Å². The third-order valence-corrected chi connectivity index (χ3v) is 3.40. The highest BCUT2D eigenvalue weighted by Gasteiger charge is 2.04. The second-order valence-corrected chi connectivity index (χ2v) is 4.99. The van der Waals surface area contributed by atoms with E-state index in [1.165, 1.54) is 0 Å². The Kier molecular flexibility index (Phi) is 4.25. The molecule has 1 aromatic carbocycles. The molecular weight excluding hydrogens is 288 g/mol. The molecule has 0 saturated heterocycles. The number of pyridine rings is 2. The fourth-order valence-corrected chi connectivity index (χ4v) is 2.34. The van der Waals surface area contributed by atoms with E-state index in [1.807, 2.05) is 36.4 Å². The molecule has 4 heteroatoms. The predicted octanol–water partition coefficient (Wildman–Crippen LogP) is 3.91. The van der Waals surface area contributed by atoms with Crippen LogP contribution >= 0.6 is 0 Å². The van der Waals surface area contributed by atoms with Crippen LogP contribution in [0.1, 0.15) is 5.56 Å². The van der Waals surface area contributed by atoms with E-state index in [2.05, 4.69) is 16.0 Å². The Labute approximate surface area is 133 Å². The summed E-state index contributed by atoms with van der Waals surface area (Å²) in [5, 5.41) is 8.84. The number of nitrogens with zero attached hydrogens (tertiary/aromatic N) is 2. The maximum absolute atomic E-state index is 10.8. The molecule has 0 atom stereocenters. The van der Waals surface area contributed by atoms with Crippen molar-refractivity contribution in [1.29, 1.82) is 0 Å². The van der Waals surface area contributed by atoms with Gasteiger partial charge in [0.25, 0.3) is 0 Å². The molecule has 3 rings (SSSR count). The van der Waals surface area contributed by atoms with Gasteiger partial charge in [-0.15, -0.1) is 0 Å². The Hall–Kier alpha value is -3.27. The first-order chi connectivity index (χ1) is 11.2. The maximum atomic E-state index is 10.8. The molecule has 0 bridgehead atoms. The lowest BCUT2D eigenvalue weighted by Crippen LogP contribution is -1.88. The lowest BCUT2D eigenvalue weighted by Gasteiger charge is -2.08. The van der Waals surface area contributed by atoms with Gasteiger partial charge in [0.15, 0.2) is 0 Å². The van der Waals surface area contributed by atoms with Gasteiger partial charge in [-0.2, -0.15) is 0 Å². The SMILES string of the molecule is O=C(O)/C=C/c1cc(-c2ccncc2)cc(-c2ccncc2)c1. The number of aliphatic carboxylic acids is 1. The van der Waals surface area contributed by atoms with E-state index < -0.39 is 5.97 Å². The number of carboxylic acids is 1. The minimum Gasteiger partial charge on any atom is -0.478 e. The molecule has 0 saturated carbocycles. The van der Waals surface area contributed by atoms with Crippen LogP contribution < -0.4 is 0 Å². The van der Waals surface area contributed by atoms with Crippen LogP contribution in [0, 0.1) is 0 Å². The minimum atomic E-state index is -0.968. The number of benzene rings is 1. The second-order valence-electron chi connectivity index (χ2n) is 4.99. The van der Waals surface area contributed by atoms with Crippen molar-refractivity contribution < 1.29 is 9.90 Å². The fraction of sp³-hybridized carbons (Fsp3) is 0. The molecule has 23 heavy (non-hydrogen) atoms. The molecule has 3 aromatic rings. The number of hydrogen-bond donors (Lipinski definition) is 1. The van der Waals surface area contributed by atoms with Gasteiger partial charge >= 0.3 is 5.97 Å². The fourth-order valence-electron chi connectivity index (χ4n) is 2.34. The number of carbonyl (C=O) groups is 1. The normalized spacial score (nSPS) is 10.8. The summed E-state index contributed by atoms with van der Waals surface area (Å²) in [6, 6.07) is 13.7. The summed E-state index contributed by atoms with van der Waals surface area (Å²) in [6.07, 6.45) is 9.69. The summed E-state index contributed by atoms with van der Waals surface area (Å²) >= 11 is 0. The summed E-state index contributed by atoms with van der Waals surface area (Å²) < 4.78 is 0. The average Bonchev–Trinajstić information content (AvgIpc) is 2.61. The average molecular weight is 302 g/mol. The van der Waals surface area contributed by atoms with Crippen LogP contribution in [0.3, 0.4) is 0 Å². The molecule has 0 radical (unpaired) electrons. The lowest BCUT2D eigenvalue weighted by molar-refractivity contribution is -0.131. The van der Waals surface area contributed by atoms with Crippen molar-refractivity contribution in [2.45, 2.75) is 0 Å². The van der Waals surface area contributed by atoms with E-state index in [0.717, 1.165) is 33.9 Å². The third kappa shape index (κ3) is 3.68. The zero-order valence-electron chi connectivity index (χ0n) is 12.3. The highest BCUT2D eigenvalue weighted by atomic mass is 16.4. The Morgan fingerprint density at radius 1 is 0.783 bits per heavy atom. The molecule has 0 aliphatic rings. The van der Waals surface area contributed by atoms with Crippen molar-refractivity contribution in [3.63, 3.8) is 0 Å². The molecule has 0 spiro atoms. The van der Waals surface area contributed by atoms with Crippen LogP contribution in [-0.4, -0.2) is 21.0 Å². The molecule has 2 heterocycles. The maximum Gasteiger partial charge on any atom is 0.328 e. The smallest absolute Gasteiger partial charge is 0.328 e. The number of rotatable bonds is 4. The first-order valence-corrected chi connectivity index (χ1v) is 7.09. The van der Waals surface area contributed by atoms with Crippen molar-refractivity contribution >= 4 is 12.0 Å². The Morgan fingerprint density at radius 3 is 1.70 bits per heavy atom. The summed E-state index contributed by atoms with van der Waals surface area (Å²) in [5.41, 5.74) is 4.90. The van der Waals surface area contributed by atoms with Gasteiger partial charge in [0, 0.05) is 30.9 Å². The highest BCUT2D eigenvalue weighted by Crippen LogP contribution is 2.28. The van der Waals surface area contributed by atoms with Crippen LogP contribution in [0.5, 0.6) is 0 Å². The number of hydrogen-bond acceptors (Lipinski definition) is 3. The quantitative estimate of drug-likeness (QED) is 0.742. The molecule has 1 N–H and O–H groups in total. The van der Waals surface area contributed by atoms with Crippen LogP contribution in [-0.2, 0) is 4.79 Å². The van der Waals surface area contributed by atoms with Gasteiger partial charge in [-0.3, -0.25) is 9.97 Å². The minimum absolute atomic E-state index is 0.827. The van der Waals surface area contributed by atoms with Gasteiger partial charge < -0.3 is 5.11 Å². The molecule has 0 aliphatic heterocycles. The van der Waals surface area contributed by atoms with E-state index in [1.54, 1.807) is 30.9 Å². The first kappa shape index (κ1) is 14.7. The van der Waals surface area contributed by atoms with Crippen molar-refractivity contribution in [2.75, 3.05) is 0 Å². The highest BCUT2D eigenvalue weighted by molar-refractivity contribution is 5.86. The van der Waals surface area contributed by atoms with E-state index in [4.69, 9.17) is 5.11 Å². The summed E-state index contributed by atoms with van der Waals surface area (Å²) in [7, 11) is 0. The third-order valence-electron chi connectivity index (χ3n) is 3.40. The van der Waals surface area contributed by atoms with Gasteiger partial charge in [0.2, 0.25) is 0 Å². The van der Waals surface area contributed by atoms with E-state index in [9.17, 15) is 4.79 Å². The molecule has 0 unspecified atom stereocenters. The van der Waals surface area contributed by atoms with Crippen molar-refractivity contribution in [3.8, 4) is 22.3 Å². The van der Waals surface area contributed by atoms with Crippen molar-refractivity contribution in [2.24, 2.45) is 0 Å². The Bertz CT molecular complexity index is 786. The van der Waals surface area contributed by atoms with Crippen LogP contribution in [0.15, 0.2) is 73.3 Å². The van der Waals surface area contributed by atoms with Gasteiger partial charge in [0.05, 0.1) is 0 Å². The van der Waals surface area contributed by atoms with Crippen molar-refractivity contribution in [3.05, 3.63) is 78.9 Å². The molecule has 0 aliphatic carbocycles. The van der Waals surface area contributed by atoms with E-state index in [-0.39, 0.29) is 0 Å². The van der Waals surface area contributed by atoms with Crippen LogP contribution in [0.2, 0.25) is 0 Å².